The number of ether oxygens (including phenoxy) is 1. The van der Waals surface area contributed by atoms with Crippen molar-refractivity contribution in [2.75, 3.05) is 19.7 Å². The molecule has 7 nitrogen and oxygen atoms in total. The van der Waals surface area contributed by atoms with Gasteiger partial charge in [-0.15, -0.1) is 0 Å². The van der Waals surface area contributed by atoms with Crippen molar-refractivity contribution < 1.29 is 29.2 Å². The molecule has 0 bridgehead atoms. The lowest BCUT2D eigenvalue weighted by atomic mass is 9.78. The first-order chi connectivity index (χ1) is 15.5. The second-order valence-electron chi connectivity index (χ2n) is 10.0. The Morgan fingerprint density at radius 3 is 2.73 bits per heavy atom. The van der Waals surface area contributed by atoms with E-state index < -0.39 is 36.3 Å². The Morgan fingerprint density at radius 1 is 1.33 bits per heavy atom. The van der Waals surface area contributed by atoms with Crippen molar-refractivity contribution in [1.82, 2.24) is 9.88 Å². The van der Waals surface area contributed by atoms with Crippen LogP contribution >= 0.6 is 0 Å². The molecule has 3 rings (SSSR count). The molecule has 1 aliphatic heterocycles. The number of pyridine rings is 1. The van der Waals surface area contributed by atoms with E-state index in [1.54, 1.807) is 31.7 Å². The van der Waals surface area contributed by atoms with Gasteiger partial charge in [0.15, 0.2) is 0 Å². The number of carbonyl (C=O) groups is 1. The normalized spacial score (nSPS) is 21.2. The van der Waals surface area contributed by atoms with Gasteiger partial charge in [0.1, 0.15) is 11.4 Å². The lowest BCUT2D eigenvalue weighted by Crippen LogP contribution is -2.49. The molecule has 0 aliphatic carbocycles. The number of aliphatic hydroxyl groups is 3. The van der Waals surface area contributed by atoms with Crippen LogP contribution in [-0.2, 0) is 4.74 Å². The molecule has 2 aromatic rings. The highest BCUT2D eigenvalue weighted by molar-refractivity contribution is 5.83. The predicted molar refractivity (Wildman–Crippen MR) is 123 cm³/mol. The number of aliphatic hydroxyl groups excluding tert-OH is 3. The first kappa shape index (κ1) is 25.3. The van der Waals surface area contributed by atoms with Gasteiger partial charge >= 0.3 is 6.09 Å². The maximum Gasteiger partial charge on any atom is 0.410 e. The van der Waals surface area contributed by atoms with Crippen LogP contribution in [0.15, 0.2) is 24.4 Å². The molecule has 1 saturated heterocycles. The van der Waals surface area contributed by atoms with Crippen LogP contribution in [0.1, 0.15) is 57.3 Å². The number of hydrogen-bond acceptors (Lipinski definition) is 6. The Morgan fingerprint density at radius 2 is 2.06 bits per heavy atom. The summed E-state index contributed by atoms with van der Waals surface area (Å²) in [7, 11) is 0. The second-order valence-corrected chi connectivity index (χ2v) is 10.0. The topological polar surface area (TPSA) is 103 Å². The molecule has 1 aromatic carbocycles. The van der Waals surface area contributed by atoms with E-state index in [0.29, 0.717) is 30.3 Å². The number of halogens is 1. The van der Waals surface area contributed by atoms with Gasteiger partial charge < -0.3 is 25.0 Å². The fourth-order valence-corrected chi connectivity index (χ4v) is 4.61. The summed E-state index contributed by atoms with van der Waals surface area (Å²) in [4.78, 5) is 18.2. The summed E-state index contributed by atoms with van der Waals surface area (Å²) in [5, 5.41) is 31.5. The van der Waals surface area contributed by atoms with Crippen molar-refractivity contribution in [2.24, 2.45) is 11.8 Å². The summed E-state index contributed by atoms with van der Waals surface area (Å²) in [6.07, 6.45) is 0.0410. The number of amides is 1. The molecule has 1 fully saturated rings. The first-order valence-electron chi connectivity index (χ1n) is 11.5. The summed E-state index contributed by atoms with van der Waals surface area (Å²) in [6, 6.07) is 5.52. The lowest BCUT2D eigenvalue weighted by molar-refractivity contribution is -0.0327. The maximum atomic E-state index is 14.6. The number of benzene rings is 1. The van der Waals surface area contributed by atoms with Gasteiger partial charge in [-0.05, 0) is 65.0 Å². The van der Waals surface area contributed by atoms with Crippen molar-refractivity contribution in [2.45, 2.75) is 64.8 Å². The van der Waals surface area contributed by atoms with Gasteiger partial charge in [0.05, 0.1) is 30.5 Å². The summed E-state index contributed by atoms with van der Waals surface area (Å²) in [6.45, 7) is 7.57. The van der Waals surface area contributed by atoms with Gasteiger partial charge in [-0.3, -0.25) is 4.98 Å². The number of carbonyl (C=O) groups excluding carboxylic acids is 1. The van der Waals surface area contributed by atoms with Crippen LogP contribution in [0.2, 0.25) is 0 Å². The minimum absolute atomic E-state index is 0.0432. The highest BCUT2D eigenvalue weighted by atomic mass is 19.1. The molecule has 33 heavy (non-hydrogen) atoms. The molecule has 1 aliphatic rings. The Balaban J connectivity index is 1.72. The average molecular weight is 463 g/mol. The standard InChI is InChI=1S/C25H35FN2O5/c1-15-5-7-20-17(11-15)23(19(26)12-27-20)21(30)8-6-16-9-10-28(13-18(16)22(31)14-29)24(32)33-25(2,3)4/h5,7,11-12,16,18,21-22,29-31H,6,8-10,13-14H2,1-4H3/t16-,18+,21?,22?/m1/s1. The van der Waals surface area contributed by atoms with E-state index in [4.69, 9.17) is 4.74 Å². The molecule has 2 unspecified atom stereocenters. The van der Waals surface area contributed by atoms with Crippen LogP contribution in [0.4, 0.5) is 9.18 Å². The molecule has 1 amide bonds. The van der Waals surface area contributed by atoms with Crippen LogP contribution in [0.25, 0.3) is 10.9 Å². The number of nitrogens with zero attached hydrogens (tertiary/aromatic N) is 2. The van der Waals surface area contributed by atoms with E-state index >= 15 is 0 Å². The van der Waals surface area contributed by atoms with Gasteiger partial charge in [-0.25, -0.2) is 9.18 Å². The minimum Gasteiger partial charge on any atom is -0.444 e. The largest absolute Gasteiger partial charge is 0.444 e. The van der Waals surface area contributed by atoms with Crippen molar-refractivity contribution in [3.8, 4) is 0 Å². The van der Waals surface area contributed by atoms with Crippen molar-refractivity contribution >= 4 is 17.0 Å². The Kier molecular flexibility index (Phi) is 7.92. The first-order valence-corrected chi connectivity index (χ1v) is 11.5. The zero-order chi connectivity index (χ0) is 24.3. The predicted octanol–water partition coefficient (Wildman–Crippen LogP) is 3.72. The summed E-state index contributed by atoms with van der Waals surface area (Å²) >= 11 is 0. The molecule has 3 N–H and O–H groups in total. The molecule has 0 radical (unpaired) electrons. The monoisotopic (exact) mass is 462 g/mol. The van der Waals surface area contributed by atoms with E-state index in [9.17, 15) is 24.5 Å². The van der Waals surface area contributed by atoms with E-state index in [0.717, 1.165) is 11.8 Å². The number of rotatable bonds is 6. The Labute approximate surface area is 194 Å². The molecular weight excluding hydrogens is 427 g/mol. The Hall–Kier alpha value is -2.29. The number of aryl methyl sites for hydroxylation is 1. The second kappa shape index (κ2) is 10.3. The third-order valence-corrected chi connectivity index (χ3v) is 6.30. The van der Waals surface area contributed by atoms with E-state index in [-0.39, 0.29) is 30.4 Å². The molecule has 1 aromatic heterocycles. The van der Waals surface area contributed by atoms with Gasteiger partial charge in [-0.2, -0.15) is 0 Å². The minimum atomic E-state index is -1.03. The smallest absolute Gasteiger partial charge is 0.410 e. The van der Waals surface area contributed by atoms with E-state index in [2.05, 4.69) is 4.98 Å². The summed E-state index contributed by atoms with van der Waals surface area (Å²) < 4.78 is 20.1. The van der Waals surface area contributed by atoms with Gasteiger partial charge in [0.2, 0.25) is 0 Å². The van der Waals surface area contributed by atoms with Crippen molar-refractivity contribution in [1.29, 1.82) is 0 Å². The van der Waals surface area contributed by atoms with Crippen molar-refractivity contribution in [3.05, 3.63) is 41.3 Å². The van der Waals surface area contributed by atoms with Crippen LogP contribution in [-0.4, -0.2) is 62.7 Å². The summed E-state index contributed by atoms with van der Waals surface area (Å²) in [5.41, 5.74) is 1.17. The number of likely N-dealkylation sites (tertiary alicyclic amines) is 1. The average Bonchev–Trinajstić information content (AvgIpc) is 2.75. The maximum absolute atomic E-state index is 14.6. The highest BCUT2D eigenvalue weighted by Gasteiger charge is 2.37. The van der Waals surface area contributed by atoms with Crippen LogP contribution in [0.5, 0.6) is 0 Å². The molecular formula is C25H35FN2O5. The van der Waals surface area contributed by atoms with Crippen LogP contribution in [0, 0.1) is 24.6 Å². The van der Waals surface area contributed by atoms with E-state index in [1.807, 2.05) is 19.1 Å². The lowest BCUT2D eigenvalue weighted by Gasteiger charge is -2.41. The third kappa shape index (κ3) is 6.19. The van der Waals surface area contributed by atoms with Gasteiger partial charge in [0, 0.05) is 30.0 Å². The highest BCUT2D eigenvalue weighted by Crippen LogP contribution is 2.35. The van der Waals surface area contributed by atoms with Crippen LogP contribution in [0.3, 0.4) is 0 Å². The number of hydrogen-bond donors (Lipinski definition) is 3. The van der Waals surface area contributed by atoms with E-state index in [1.165, 1.54) is 0 Å². The quantitative estimate of drug-likeness (QED) is 0.605. The fraction of sp³-hybridized carbons (Fsp3) is 0.600. The number of aromatic nitrogens is 1. The van der Waals surface area contributed by atoms with Crippen LogP contribution < -0.4 is 0 Å². The number of piperidine rings is 1. The Bertz CT molecular complexity index is 972. The zero-order valence-electron chi connectivity index (χ0n) is 19.8. The third-order valence-electron chi connectivity index (χ3n) is 6.30. The molecule has 8 heteroatoms. The summed E-state index contributed by atoms with van der Waals surface area (Å²) in [5.74, 6) is -0.963. The van der Waals surface area contributed by atoms with Crippen molar-refractivity contribution in [3.63, 3.8) is 0 Å². The molecule has 2 heterocycles. The molecule has 182 valence electrons. The fourth-order valence-electron chi connectivity index (χ4n) is 4.61. The molecule has 0 saturated carbocycles. The SMILES string of the molecule is Cc1ccc2ncc(F)c(C(O)CC[C@@H]3CCN(C(=O)OC(C)(C)C)C[C@@H]3C(O)CO)c2c1. The van der Waals surface area contributed by atoms with Gasteiger partial charge in [-0.1, -0.05) is 11.6 Å². The molecule has 0 spiro atoms. The van der Waals surface area contributed by atoms with Gasteiger partial charge in [0.25, 0.3) is 0 Å². The number of fused-ring (bicyclic) bond motifs is 1. The molecule has 4 atom stereocenters. The zero-order valence-corrected chi connectivity index (χ0v) is 19.8.